The van der Waals surface area contributed by atoms with Crippen molar-refractivity contribution in [1.82, 2.24) is 0 Å². The molecule has 0 bridgehead atoms. The average molecular weight is 192 g/mol. The first kappa shape index (κ1) is 12.2. The lowest BCUT2D eigenvalue weighted by Crippen LogP contribution is -2.35. The van der Waals surface area contributed by atoms with Crippen LogP contribution in [0.15, 0.2) is 0 Å². The van der Waals surface area contributed by atoms with Crippen molar-refractivity contribution in [3.8, 4) is 0 Å². The van der Waals surface area contributed by atoms with Gasteiger partial charge in [-0.25, -0.2) is 4.79 Å². The van der Waals surface area contributed by atoms with Crippen LogP contribution >= 0.6 is 0 Å². The first-order chi connectivity index (χ1) is 6.14. The standard InChI is InChI=1S/C8H16O5/c1-3-8(4-9,5-10)6-13-7(11)12-2/h9-10H,3-6H2,1-2H3. The lowest BCUT2D eigenvalue weighted by atomic mass is 9.88. The quantitative estimate of drug-likeness (QED) is 0.606. The molecule has 0 aliphatic rings. The Morgan fingerprint density at radius 3 is 2.23 bits per heavy atom. The fraction of sp³-hybridized carbons (Fsp3) is 0.875. The molecule has 78 valence electrons. The molecular weight excluding hydrogens is 176 g/mol. The SMILES string of the molecule is CCC(CO)(CO)COC(=O)OC. The van der Waals surface area contributed by atoms with Crippen LogP contribution in [0.5, 0.6) is 0 Å². The van der Waals surface area contributed by atoms with Gasteiger partial charge in [0.05, 0.1) is 25.7 Å². The van der Waals surface area contributed by atoms with Crippen molar-refractivity contribution in [3.63, 3.8) is 0 Å². The molecule has 0 unspecified atom stereocenters. The number of hydrogen-bond donors (Lipinski definition) is 2. The maximum Gasteiger partial charge on any atom is 0.508 e. The summed E-state index contributed by atoms with van der Waals surface area (Å²) in [6, 6.07) is 0. The van der Waals surface area contributed by atoms with E-state index in [1.54, 1.807) is 6.92 Å². The molecule has 0 aliphatic carbocycles. The van der Waals surface area contributed by atoms with E-state index in [0.717, 1.165) is 0 Å². The molecule has 0 fully saturated rings. The van der Waals surface area contributed by atoms with Crippen LogP contribution in [0.4, 0.5) is 4.79 Å². The van der Waals surface area contributed by atoms with Gasteiger partial charge in [0.15, 0.2) is 0 Å². The van der Waals surface area contributed by atoms with Gasteiger partial charge in [-0.3, -0.25) is 0 Å². The normalized spacial score (nSPS) is 11.1. The van der Waals surface area contributed by atoms with E-state index in [4.69, 9.17) is 10.2 Å². The van der Waals surface area contributed by atoms with Gasteiger partial charge in [-0.05, 0) is 6.42 Å². The third kappa shape index (κ3) is 3.61. The summed E-state index contributed by atoms with van der Waals surface area (Å²) in [6.45, 7) is 1.31. The van der Waals surface area contributed by atoms with Gasteiger partial charge in [0.1, 0.15) is 6.61 Å². The predicted octanol–water partition coefficient (Wildman–Crippen LogP) is 0.150. The molecule has 0 aromatic carbocycles. The zero-order valence-electron chi connectivity index (χ0n) is 7.95. The highest BCUT2D eigenvalue weighted by molar-refractivity contribution is 5.59. The number of methoxy groups -OCH3 is 1. The number of aliphatic hydroxyl groups excluding tert-OH is 2. The van der Waals surface area contributed by atoms with Crippen LogP contribution in [0, 0.1) is 5.41 Å². The molecule has 13 heavy (non-hydrogen) atoms. The molecule has 0 aromatic rings. The Morgan fingerprint density at radius 2 is 1.92 bits per heavy atom. The summed E-state index contributed by atoms with van der Waals surface area (Å²) < 4.78 is 8.90. The molecule has 0 aliphatic heterocycles. The fourth-order valence-electron chi connectivity index (χ4n) is 0.738. The molecular formula is C8H16O5. The lowest BCUT2D eigenvalue weighted by molar-refractivity contribution is -0.0223. The molecule has 5 nitrogen and oxygen atoms in total. The van der Waals surface area contributed by atoms with E-state index in [0.29, 0.717) is 6.42 Å². The summed E-state index contributed by atoms with van der Waals surface area (Å²) in [5, 5.41) is 17.9. The van der Waals surface area contributed by atoms with Crippen molar-refractivity contribution in [2.75, 3.05) is 26.9 Å². The van der Waals surface area contributed by atoms with Crippen molar-refractivity contribution in [1.29, 1.82) is 0 Å². The Balaban J connectivity index is 4.02. The van der Waals surface area contributed by atoms with Crippen LogP contribution in [0.3, 0.4) is 0 Å². The van der Waals surface area contributed by atoms with Gasteiger partial charge in [-0.1, -0.05) is 6.92 Å². The van der Waals surface area contributed by atoms with E-state index in [2.05, 4.69) is 9.47 Å². The summed E-state index contributed by atoms with van der Waals surface area (Å²) in [7, 11) is 1.20. The van der Waals surface area contributed by atoms with Gasteiger partial charge in [0, 0.05) is 0 Å². The molecule has 0 radical (unpaired) electrons. The highest BCUT2D eigenvalue weighted by Gasteiger charge is 2.28. The van der Waals surface area contributed by atoms with Gasteiger partial charge in [0.2, 0.25) is 0 Å². The molecule has 0 aromatic heterocycles. The highest BCUT2D eigenvalue weighted by atomic mass is 16.7. The second-order valence-electron chi connectivity index (χ2n) is 2.91. The van der Waals surface area contributed by atoms with E-state index in [1.165, 1.54) is 7.11 Å². The van der Waals surface area contributed by atoms with Crippen molar-refractivity contribution in [3.05, 3.63) is 0 Å². The lowest BCUT2D eigenvalue weighted by Gasteiger charge is -2.26. The Morgan fingerprint density at radius 1 is 1.38 bits per heavy atom. The van der Waals surface area contributed by atoms with Crippen LogP contribution < -0.4 is 0 Å². The van der Waals surface area contributed by atoms with Crippen molar-refractivity contribution >= 4 is 6.16 Å². The van der Waals surface area contributed by atoms with Crippen LogP contribution in [0.25, 0.3) is 0 Å². The first-order valence-electron chi connectivity index (χ1n) is 4.06. The molecule has 0 rings (SSSR count). The Hall–Kier alpha value is -0.810. The van der Waals surface area contributed by atoms with Gasteiger partial charge in [0.25, 0.3) is 0 Å². The van der Waals surface area contributed by atoms with E-state index in [9.17, 15) is 4.79 Å². The molecule has 0 amide bonds. The number of hydrogen-bond acceptors (Lipinski definition) is 5. The largest absolute Gasteiger partial charge is 0.508 e. The first-order valence-corrected chi connectivity index (χ1v) is 4.06. The van der Waals surface area contributed by atoms with Gasteiger partial charge >= 0.3 is 6.16 Å². The van der Waals surface area contributed by atoms with Crippen LogP contribution in [-0.4, -0.2) is 43.3 Å². The predicted molar refractivity (Wildman–Crippen MR) is 45.3 cm³/mol. The summed E-state index contributed by atoms with van der Waals surface area (Å²) in [4.78, 5) is 10.6. The molecule has 2 N–H and O–H groups in total. The van der Waals surface area contributed by atoms with E-state index in [-0.39, 0.29) is 19.8 Å². The molecule has 0 saturated heterocycles. The average Bonchev–Trinajstić information content (AvgIpc) is 2.20. The third-order valence-corrected chi connectivity index (χ3v) is 2.08. The fourth-order valence-corrected chi connectivity index (χ4v) is 0.738. The number of rotatable bonds is 5. The monoisotopic (exact) mass is 192 g/mol. The summed E-state index contributed by atoms with van der Waals surface area (Å²) in [5.41, 5.74) is -0.756. The number of ether oxygens (including phenoxy) is 2. The van der Waals surface area contributed by atoms with Gasteiger partial charge in [-0.15, -0.1) is 0 Å². The number of carbonyl (C=O) groups excluding carboxylic acids is 1. The third-order valence-electron chi connectivity index (χ3n) is 2.08. The smallest absolute Gasteiger partial charge is 0.438 e. The Labute approximate surface area is 77.3 Å². The van der Waals surface area contributed by atoms with Crippen LogP contribution in [0.1, 0.15) is 13.3 Å². The Bertz CT molecular complexity index is 144. The second kappa shape index (κ2) is 5.77. The van der Waals surface area contributed by atoms with Crippen molar-refractivity contribution in [2.24, 2.45) is 5.41 Å². The maximum atomic E-state index is 10.6. The van der Waals surface area contributed by atoms with E-state index in [1.807, 2.05) is 0 Å². The van der Waals surface area contributed by atoms with E-state index < -0.39 is 11.6 Å². The zero-order chi connectivity index (χ0) is 10.3. The summed E-state index contributed by atoms with van der Waals surface area (Å²) in [5.74, 6) is 0. The molecule has 0 saturated carbocycles. The minimum absolute atomic E-state index is 0.0385. The summed E-state index contributed by atoms with van der Waals surface area (Å²) >= 11 is 0. The Kier molecular flexibility index (Phi) is 5.41. The van der Waals surface area contributed by atoms with Crippen molar-refractivity contribution < 1.29 is 24.5 Å². The molecule has 0 heterocycles. The maximum absolute atomic E-state index is 10.6. The van der Waals surface area contributed by atoms with Crippen molar-refractivity contribution in [2.45, 2.75) is 13.3 Å². The number of carbonyl (C=O) groups is 1. The van der Waals surface area contributed by atoms with Crippen LogP contribution in [-0.2, 0) is 9.47 Å². The molecule has 0 atom stereocenters. The molecule has 5 heteroatoms. The van der Waals surface area contributed by atoms with Gasteiger partial charge in [-0.2, -0.15) is 0 Å². The van der Waals surface area contributed by atoms with Gasteiger partial charge < -0.3 is 19.7 Å². The molecule has 0 spiro atoms. The topological polar surface area (TPSA) is 76.0 Å². The second-order valence-corrected chi connectivity index (χ2v) is 2.91. The minimum Gasteiger partial charge on any atom is -0.438 e. The minimum atomic E-state index is -0.806. The van der Waals surface area contributed by atoms with E-state index >= 15 is 0 Å². The summed E-state index contributed by atoms with van der Waals surface area (Å²) in [6.07, 6.45) is -0.281. The number of aliphatic hydroxyl groups is 2. The van der Waals surface area contributed by atoms with Crippen LogP contribution in [0.2, 0.25) is 0 Å². The zero-order valence-corrected chi connectivity index (χ0v) is 7.95. The highest BCUT2D eigenvalue weighted by Crippen LogP contribution is 2.20.